The first kappa shape index (κ1) is 10.5. The van der Waals surface area contributed by atoms with Gasteiger partial charge >= 0.3 is 0 Å². The predicted molar refractivity (Wildman–Crippen MR) is 58.9 cm³/mol. The molecule has 0 saturated heterocycles. The first-order valence-electron chi connectivity index (χ1n) is 5.04. The second-order valence-electron chi connectivity index (χ2n) is 3.72. The molecule has 0 aliphatic heterocycles. The number of ketones is 1. The van der Waals surface area contributed by atoms with Crippen molar-refractivity contribution in [2.45, 2.75) is 20.3 Å². The molecule has 0 aliphatic carbocycles. The van der Waals surface area contributed by atoms with Gasteiger partial charge in [0, 0.05) is 18.9 Å². The van der Waals surface area contributed by atoms with E-state index in [2.05, 4.69) is 10.1 Å². The zero-order valence-electron chi connectivity index (χ0n) is 9.23. The van der Waals surface area contributed by atoms with Crippen LogP contribution in [0.4, 0.5) is 0 Å². The van der Waals surface area contributed by atoms with Crippen LogP contribution in [0.2, 0.25) is 0 Å². The van der Waals surface area contributed by atoms with Crippen LogP contribution in [0.25, 0.3) is 11.4 Å². The number of hydrogen-bond acceptors (Lipinski definition) is 4. The number of nitrogens with zero attached hydrogens (tertiary/aromatic N) is 2. The van der Waals surface area contributed by atoms with Crippen molar-refractivity contribution in [3.8, 4) is 11.4 Å². The highest BCUT2D eigenvalue weighted by Gasteiger charge is 2.06. The van der Waals surface area contributed by atoms with Gasteiger partial charge in [0.2, 0.25) is 11.7 Å². The maximum atomic E-state index is 11.0. The van der Waals surface area contributed by atoms with Crippen molar-refractivity contribution in [2.75, 3.05) is 0 Å². The van der Waals surface area contributed by atoms with E-state index in [0.717, 1.165) is 11.1 Å². The Morgan fingerprint density at radius 1 is 1.44 bits per heavy atom. The average molecular weight is 216 g/mol. The zero-order chi connectivity index (χ0) is 11.5. The van der Waals surface area contributed by atoms with E-state index in [9.17, 15) is 4.79 Å². The summed E-state index contributed by atoms with van der Waals surface area (Å²) in [5.74, 6) is 1.23. The van der Waals surface area contributed by atoms with Crippen molar-refractivity contribution in [2.24, 2.45) is 0 Å². The number of benzene rings is 1. The fourth-order valence-electron chi connectivity index (χ4n) is 1.52. The summed E-state index contributed by atoms with van der Waals surface area (Å²) in [6.45, 7) is 3.32. The monoisotopic (exact) mass is 216 g/mol. The third kappa shape index (κ3) is 2.34. The lowest BCUT2D eigenvalue weighted by Crippen LogP contribution is -1.96. The minimum atomic E-state index is 0.140. The van der Waals surface area contributed by atoms with Gasteiger partial charge in [0.05, 0.1) is 0 Å². The Morgan fingerprint density at radius 3 is 2.88 bits per heavy atom. The largest absolute Gasteiger partial charge is 0.339 e. The lowest BCUT2D eigenvalue weighted by molar-refractivity contribution is -0.116. The smallest absolute Gasteiger partial charge is 0.223 e. The molecule has 82 valence electrons. The maximum Gasteiger partial charge on any atom is 0.223 e. The van der Waals surface area contributed by atoms with Crippen LogP contribution < -0.4 is 0 Å². The van der Waals surface area contributed by atoms with Gasteiger partial charge in [0.25, 0.3) is 0 Å². The van der Waals surface area contributed by atoms with Crippen LogP contribution in [0.5, 0.6) is 0 Å². The molecule has 0 unspecified atom stereocenters. The SMILES string of the molecule is CC(=O)Cc1cccc(-c2noc(C)n2)c1. The van der Waals surface area contributed by atoms with E-state index in [-0.39, 0.29) is 5.78 Å². The molecule has 0 bridgehead atoms. The highest BCUT2D eigenvalue weighted by atomic mass is 16.5. The average Bonchev–Trinajstić information content (AvgIpc) is 2.64. The first-order valence-corrected chi connectivity index (χ1v) is 5.04. The highest BCUT2D eigenvalue weighted by molar-refractivity contribution is 5.78. The number of aromatic nitrogens is 2. The summed E-state index contributed by atoms with van der Waals surface area (Å²) in [6, 6.07) is 7.61. The van der Waals surface area contributed by atoms with E-state index in [1.165, 1.54) is 0 Å². The lowest BCUT2D eigenvalue weighted by atomic mass is 10.1. The highest BCUT2D eigenvalue weighted by Crippen LogP contribution is 2.17. The molecular weight excluding hydrogens is 204 g/mol. The molecule has 4 nitrogen and oxygen atoms in total. The van der Waals surface area contributed by atoms with E-state index < -0.39 is 0 Å². The Balaban J connectivity index is 2.32. The van der Waals surface area contributed by atoms with Gasteiger partial charge in [0.15, 0.2) is 0 Å². The van der Waals surface area contributed by atoms with Gasteiger partial charge in [0.1, 0.15) is 5.78 Å². The lowest BCUT2D eigenvalue weighted by Gasteiger charge is -1.99. The van der Waals surface area contributed by atoms with Crippen LogP contribution in [-0.2, 0) is 11.2 Å². The second kappa shape index (κ2) is 4.26. The van der Waals surface area contributed by atoms with Crippen LogP contribution >= 0.6 is 0 Å². The summed E-state index contributed by atoms with van der Waals surface area (Å²) < 4.78 is 4.91. The molecule has 1 aromatic heterocycles. The third-order valence-corrected chi connectivity index (χ3v) is 2.17. The van der Waals surface area contributed by atoms with Gasteiger partial charge in [-0.15, -0.1) is 0 Å². The number of rotatable bonds is 3. The Labute approximate surface area is 93.3 Å². The van der Waals surface area contributed by atoms with Crippen molar-refractivity contribution >= 4 is 5.78 Å². The second-order valence-corrected chi connectivity index (χ2v) is 3.72. The van der Waals surface area contributed by atoms with Crippen LogP contribution in [0.15, 0.2) is 28.8 Å². The van der Waals surface area contributed by atoms with Crippen LogP contribution in [0.1, 0.15) is 18.4 Å². The molecule has 0 atom stereocenters. The van der Waals surface area contributed by atoms with E-state index in [0.29, 0.717) is 18.1 Å². The van der Waals surface area contributed by atoms with Crippen molar-refractivity contribution in [1.29, 1.82) is 0 Å². The van der Waals surface area contributed by atoms with Gasteiger partial charge in [-0.05, 0) is 18.6 Å². The molecular formula is C12H12N2O2. The number of Topliss-reactive ketones (excluding diaryl/α,β-unsaturated/α-hetero) is 1. The summed E-state index contributed by atoms with van der Waals surface area (Å²) in [7, 11) is 0. The van der Waals surface area contributed by atoms with Crippen LogP contribution in [-0.4, -0.2) is 15.9 Å². The normalized spacial score (nSPS) is 10.4. The number of carbonyl (C=O) groups excluding carboxylic acids is 1. The molecule has 2 rings (SSSR count). The van der Waals surface area contributed by atoms with Gasteiger partial charge in [-0.3, -0.25) is 4.79 Å². The van der Waals surface area contributed by atoms with Crippen molar-refractivity contribution in [1.82, 2.24) is 10.1 Å². The molecule has 0 saturated carbocycles. The molecule has 1 heterocycles. The van der Waals surface area contributed by atoms with E-state index in [4.69, 9.17) is 4.52 Å². The number of carbonyl (C=O) groups is 1. The standard InChI is InChI=1S/C12H12N2O2/c1-8(15)6-10-4-3-5-11(7-10)12-13-9(2)16-14-12/h3-5,7H,6H2,1-2H3. The molecule has 0 spiro atoms. The van der Waals surface area contributed by atoms with Crippen molar-refractivity contribution in [3.05, 3.63) is 35.7 Å². The molecule has 0 amide bonds. The Kier molecular flexibility index (Phi) is 2.81. The summed E-state index contributed by atoms with van der Waals surface area (Å²) in [5, 5.41) is 3.84. The minimum Gasteiger partial charge on any atom is -0.339 e. The summed E-state index contributed by atoms with van der Waals surface area (Å²) in [6.07, 6.45) is 0.435. The van der Waals surface area contributed by atoms with Crippen molar-refractivity contribution in [3.63, 3.8) is 0 Å². The van der Waals surface area contributed by atoms with E-state index in [1.807, 2.05) is 24.3 Å². The molecule has 0 fully saturated rings. The van der Waals surface area contributed by atoms with Gasteiger partial charge in [-0.1, -0.05) is 23.4 Å². The fraction of sp³-hybridized carbons (Fsp3) is 0.250. The summed E-state index contributed by atoms with van der Waals surface area (Å²) in [4.78, 5) is 15.2. The fourth-order valence-corrected chi connectivity index (χ4v) is 1.52. The van der Waals surface area contributed by atoms with E-state index >= 15 is 0 Å². The quantitative estimate of drug-likeness (QED) is 0.789. The Morgan fingerprint density at radius 2 is 2.25 bits per heavy atom. The predicted octanol–water partition coefficient (Wildman–Crippen LogP) is 2.18. The van der Waals surface area contributed by atoms with Crippen molar-refractivity contribution < 1.29 is 9.32 Å². The molecule has 1 aromatic carbocycles. The molecule has 0 aliphatic rings. The Bertz CT molecular complexity index is 517. The molecule has 16 heavy (non-hydrogen) atoms. The third-order valence-electron chi connectivity index (χ3n) is 2.17. The Hall–Kier alpha value is -1.97. The summed E-state index contributed by atoms with van der Waals surface area (Å²) >= 11 is 0. The van der Waals surface area contributed by atoms with Gasteiger partial charge in [-0.2, -0.15) is 4.98 Å². The topological polar surface area (TPSA) is 56.0 Å². The number of hydrogen-bond donors (Lipinski definition) is 0. The number of aryl methyl sites for hydroxylation is 1. The molecule has 0 radical (unpaired) electrons. The first-order chi connectivity index (χ1) is 7.65. The summed E-state index contributed by atoms with van der Waals surface area (Å²) in [5.41, 5.74) is 1.84. The van der Waals surface area contributed by atoms with Gasteiger partial charge < -0.3 is 4.52 Å². The van der Waals surface area contributed by atoms with Crippen LogP contribution in [0.3, 0.4) is 0 Å². The molecule has 4 heteroatoms. The van der Waals surface area contributed by atoms with Gasteiger partial charge in [-0.25, -0.2) is 0 Å². The zero-order valence-corrected chi connectivity index (χ0v) is 9.23. The van der Waals surface area contributed by atoms with E-state index in [1.54, 1.807) is 13.8 Å². The molecule has 2 aromatic rings. The van der Waals surface area contributed by atoms with Crippen LogP contribution in [0, 0.1) is 6.92 Å². The maximum absolute atomic E-state index is 11.0. The minimum absolute atomic E-state index is 0.140. The molecule has 0 N–H and O–H groups in total.